The van der Waals surface area contributed by atoms with Crippen LogP contribution in [0.3, 0.4) is 0 Å². The summed E-state index contributed by atoms with van der Waals surface area (Å²) >= 11 is 8.64. The Morgan fingerprint density at radius 2 is 2.03 bits per heavy atom. The molecule has 0 bridgehead atoms. The van der Waals surface area contributed by atoms with Crippen molar-refractivity contribution in [2.24, 2.45) is 5.10 Å². The number of carbonyl (C=O) groups excluding carboxylic acids is 1. The first-order chi connectivity index (χ1) is 14.6. The van der Waals surface area contributed by atoms with Gasteiger partial charge in [0.05, 0.1) is 22.2 Å². The van der Waals surface area contributed by atoms with E-state index in [1.807, 2.05) is 42.5 Å². The average molecular weight is 459 g/mol. The van der Waals surface area contributed by atoms with Gasteiger partial charge in [0.2, 0.25) is 11.1 Å². The van der Waals surface area contributed by atoms with E-state index in [2.05, 4.69) is 31.0 Å². The number of amides is 1. The Morgan fingerprint density at radius 3 is 2.87 bits per heavy atom. The van der Waals surface area contributed by atoms with Gasteiger partial charge in [-0.05, 0) is 18.2 Å². The molecule has 0 aliphatic heterocycles. The topological polar surface area (TPSA) is 123 Å². The monoisotopic (exact) mass is 458 g/mol. The van der Waals surface area contributed by atoms with Crippen LogP contribution < -0.4 is 16.6 Å². The number of aromatic nitrogens is 4. The molecule has 0 unspecified atom stereocenters. The number of nitrogens with two attached hydrogens (primary N) is 1. The van der Waals surface area contributed by atoms with Gasteiger partial charge in [-0.3, -0.25) is 4.79 Å². The van der Waals surface area contributed by atoms with Crippen molar-refractivity contribution in [2.45, 2.75) is 5.16 Å². The molecule has 2 heterocycles. The number of rotatable bonds is 7. The van der Waals surface area contributed by atoms with Crippen LogP contribution in [0.4, 0.5) is 11.1 Å². The maximum Gasteiger partial charge on any atom is 0.264 e. The van der Waals surface area contributed by atoms with Gasteiger partial charge in [0.25, 0.3) is 5.95 Å². The van der Waals surface area contributed by atoms with Gasteiger partial charge in [0, 0.05) is 10.6 Å². The van der Waals surface area contributed by atoms with Crippen LogP contribution in [0.2, 0.25) is 5.02 Å². The molecule has 4 rings (SSSR count). The van der Waals surface area contributed by atoms with Crippen molar-refractivity contribution in [3.05, 3.63) is 59.1 Å². The van der Waals surface area contributed by atoms with E-state index in [0.717, 1.165) is 27.5 Å². The zero-order valence-electron chi connectivity index (χ0n) is 15.3. The van der Waals surface area contributed by atoms with Crippen LogP contribution >= 0.6 is 34.7 Å². The highest BCUT2D eigenvalue weighted by Gasteiger charge is 2.13. The number of thioether (sulfide) groups is 1. The SMILES string of the molecule is Nn1c(N/N=C/c2ccccc2Cl)nnc1SCC(=O)Nc1nc2ccccc2s1. The first-order valence-corrected chi connectivity index (χ1v) is 10.8. The summed E-state index contributed by atoms with van der Waals surface area (Å²) in [4.78, 5) is 16.6. The molecule has 0 saturated heterocycles. The Morgan fingerprint density at radius 1 is 1.23 bits per heavy atom. The van der Waals surface area contributed by atoms with Crippen molar-refractivity contribution in [3.63, 3.8) is 0 Å². The lowest BCUT2D eigenvalue weighted by molar-refractivity contribution is -0.113. The molecule has 0 saturated carbocycles. The number of hydrogen-bond acceptors (Lipinski definition) is 9. The van der Waals surface area contributed by atoms with Crippen molar-refractivity contribution in [1.82, 2.24) is 19.9 Å². The van der Waals surface area contributed by atoms with Gasteiger partial charge in [-0.25, -0.2) is 15.1 Å². The Kier molecular flexibility index (Phi) is 6.12. The zero-order valence-corrected chi connectivity index (χ0v) is 17.7. The van der Waals surface area contributed by atoms with Gasteiger partial charge < -0.3 is 11.2 Å². The molecule has 152 valence electrons. The maximum atomic E-state index is 12.2. The minimum absolute atomic E-state index is 0.105. The highest BCUT2D eigenvalue weighted by molar-refractivity contribution is 7.99. The van der Waals surface area contributed by atoms with Crippen LogP contribution in [-0.2, 0) is 4.79 Å². The van der Waals surface area contributed by atoms with Crippen molar-refractivity contribution in [2.75, 3.05) is 22.3 Å². The quantitative estimate of drug-likeness (QED) is 0.168. The van der Waals surface area contributed by atoms with E-state index < -0.39 is 0 Å². The summed E-state index contributed by atoms with van der Waals surface area (Å²) in [6.07, 6.45) is 1.55. The van der Waals surface area contributed by atoms with Gasteiger partial charge in [-0.1, -0.05) is 65.0 Å². The highest BCUT2D eigenvalue weighted by Crippen LogP contribution is 2.26. The fourth-order valence-corrected chi connectivity index (χ4v) is 4.13. The summed E-state index contributed by atoms with van der Waals surface area (Å²) in [6, 6.07) is 15.0. The van der Waals surface area contributed by atoms with Crippen molar-refractivity contribution >= 4 is 68.1 Å². The molecule has 2 aromatic heterocycles. The Bertz CT molecular complexity index is 1190. The van der Waals surface area contributed by atoms with Crippen LogP contribution in [-0.4, -0.2) is 37.7 Å². The number of nitrogen functional groups attached to an aromatic ring is 1. The number of anilines is 2. The lowest BCUT2D eigenvalue weighted by Gasteiger charge is -2.03. The number of hydrogen-bond donors (Lipinski definition) is 3. The fourth-order valence-electron chi connectivity index (χ4n) is 2.40. The van der Waals surface area contributed by atoms with Crippen molar-refractivity contribution in [1.29, 1.82) is 0 Å². The molecule has 0 spiro atoms. The number of benzene rings is 2. The Balaban J connectivity index is 1.32. The van der Waals surface area contributed by atoms with Gasteiger partial charge in [0.1, 0.15) is 0 Å². The molecule has 0 radical (unpaired) electrons. The lowest BCUT2D eigenvalue weighted by atomic mass is 10.2. The van der Waals surface area contributed by atoms with Crippen LogP contribution in [0.25, 0.3) is 10.2 Å². The smallest absolute Gasteiger partial charge is 0.264 e. The second-order valence-corrected chi connectivity index (χ2v) is 8.27. The third-order valence-electron chi connectivity index (χ3n) is 3.81. The van der Waals surface area contributed by atoms with Crippen molar-refractivity contribution < 1.29 is 4.79 Å². The predicted molar refractivity (Wildman–Crippen MR) is 122 cm³/mol. The summed E-state index contributed by atoms with van der Waals surface area (Å²) in [5.74, 6) is 6.09. The minimum Gasteiger partial charge on any atom is -0.334 e. The number of hydrazone groups is 1. The first kappa shape index (κ1) is 20.1. The van der Waals surface area contributed by atoms with Crippen LogP contribution in [0, 0.1) is 0 Å². The van der Waals surface area contributed by atoms with Gasteiger partial charge >= 0.3 is 0 Å². The first-order valence-electron chi connectivity index (χ1n) is 8.62. The average Bonchev–Trinajstić information content (AvgIpc) is 3.30. The third kappa shape index (κ3) is 4.70. The molecule has 1 amide bonds. The van der Waals surface area contributed by atoms with E-state index in [9.17, 15) is 4.79 Å². The molecule has 0 aliphatic rings. The van der Waals surface area contributed by atoms with Gasteiger partial charge in [-0.15, -0.1) is 10.2 Å². The normalized spacial score (nSPS) is 11.2. The zero-order chi connectivity index (χ0) is 20.9. The summed E-state index contributed by atoms with van der Waals surface area (Å²) in [5, 5.41) is 16.2. The van der Waals surface area contributed by atoms with Crippen LogP contribution in [0.1, 0.15) is 5.56 Å². The number of nitrogens with one attached hydrogen (secondary N) is 2. The molecule has 4 aromatic rings. The molecular formula is C18H15ClN8OS2. The van der Waals surface area contributed by atoms with Gasteiger partial charge in [-0.2, -0.15) is 5.10 Å². The third-order valence-corrected chi connectivity index (χ3v) is 6.05. The van der Waals surface area contributed by atoms with Gasteiger partial charge in [0.15, 0.2) is 5.13 Å². The second-order valence-electron chi connectivity index (χ2n) is 5.89. The summed E-state index contributed by atoms with van der Waals surface area (Å²) in [6.45, 7) is 0. The molecular weight excluding hydrogens is 444 g/mol. The molecule has 0 fully saturated rings. The van der Waals surface area contributed by atoms with E-state index >= 15 is 0 Å². The molecule has 9 nitrogen and oxygen atoms in total. The Labute approximate surface area is 184 Å². The molecule has 30 heavy (non-hydrogen) atoms. The predicted octanol–water partition coefficient (Wildman–Crippen LogP) is 3.43. The minimum atomic E-state index is -0.215. The maximum absolute atomic E-state index is 12.2. The number of thiazole rings is 1. The number of carbonyl (C=O) groups is 1. The second kappa shape index (κ2) is 9.11. The van der Waals surface area contributed by atoms with E-state index in [1.54, 1.807) is 12.3 Å². The van der Waals surface area contributed by atoms with Crippen LogP contribution in [0.15, 0.2) is 58.8 Å². The molecule has 0 aliphatic carbocycles. The standard InChI is InChI=1S/C18H15ClN8OS2/c19-12-6-2-1-5-11(12)9-21-24-16-25-26-18(27(16)20)29-10-15(28)23-17-22-13-7-3-4-8-14(13)30-17/h1-9H,10,20H2,(H,24,25)(H,22,23,28)/b21-9+. The number of fused-ring (bicyclic) bond motifs is 1. The summed E-state index contributed by atoms with van der Waals surface area (Å²) < 4.78 is 2.23. The molecule has 12 heteroatoms. The van der Waals surface area contributed by atoms with E-state index in [-0.39, 0.29) is 17.6 Å². The molecule has 4 N–H and O–H groups in total. The number of halogens is 1. The Hall–Kier alpha value is -3.15. The summed E-state index contributed by atoms with van der Waals surface area (Å²) in [7, 11) is 0. The van der Waals surface area contributed by atoms with E-state index in [4.69, 9.17) is 17.4 Å². The molecule has 0 atom stereocenters. The van der Waals surface area contributed by atoms with E-state index in [1.165, 1.54) is 16.0 Å². The van der Waals surface area contributed by atoms with Crippen LogP contribution in [0.5, 0.6) is 0 Å². The lowest BCUT2D eigenvalue weighted by Crippen LogP contribution is -2.16. The van der Waals surface area contributed by atoms with Crippen molar-refractivity contribution in [3.8, 4) is 0 Å². The summed E-state index contributed by atoms with van der Waals surface area (Å²) in [5.41, 5.74) is 4.30. The molecule has 2 aromatic carbocycles. The fraction of sp³-hybridized carbons (Fsp3) is 0.0556. The largest absolute Gasteiger partial charge is 0.334 e. The highest BCUT2D eigenvalue weighted by atomic mass is 35.5. The van der Waals surface area contributed by atoms with E-state index in [0.29, 0.717) is 15.3 Å². The number of nitrogens with zero attached hydrogens (tertiary/aromatic N) is 5. The number of para-hydroxylation sites is 1.